The van der Waals surface area contributed by atoms with Crippen LogP contribution >= 0.6 is 0 Å². The van der Waals surface area contributed by atoms with Crippen molar-refractivity contribution in [3.8, 4) is 0 Å². The highest BCUT2D eigenvalue weighted by molar-refractivity contribution is 5.32. The fourth-order valence-corrected chi connectivity index (χ4v) is 4.06. The van der Waals surface area contributed by atoms with Crippen LogP contribution in [0.5, 0.6) is 0 Å². The molecule has 1 saturated heterocycles. The molecule has 0 bridgehead atoms. The summed E-state index contributed by atoms with van der Waals surface area (Å²) in [7, 11) is 4.37. The van der Waals surface area contributed by atoms with Gasteiger partial charge in [0.15, 0.2) is 0 Å². The molecule has 3 rings (SSSR count). The van der Waals surface area contributed by atoms with Crippen LogP contribution in [0.3, 0.4) is 0 Å². The van der Waals surface area contributed by atoms with Crippen LogP contribution < -0.4 is 5.32 Å². The second-order valence-electron chi connectivity index (χ2n) is 6.75. The Morgan fingerprint density at radius 2 is 2.00 bits per heavy atom. The maximum absolute atomic E-state index is 3.62. The van der Waals surface area contributed by atoms with Crippen molar-refractivity contribution in [2.45, 2.75) is 44.3 Å². The van der Waals surface area contributed by atoms with Crippen molar-refractivity contribution in [3.63, 3.8) is 0 Å². The van der Waals surface area contributed by atoms with Crippen LogP contribution in [-0.4, -0.2) is 55.6 Å². The third-order valence-corrected chi connectivity index (χ3v) is 5.49. The first kappa shape index (κ1) is 15.0. The van der Waals surface area contributed by atoms with Gasteiger partial charge in [-0.3, -0.25) is 4.90 Å². The smallest absolute Gasteiger partial charge is 0.0478 e. The van der Waals surface area contributed by atoms with Crippen molar-refractivity contribution in [2.75, 3.05) is 33.7 Å². The fourth-order valence-electron chi connectivity index (χ4n) is 4.06. The molecule has 1 aromatic carbocycles. The molecule has 1 aliphatic carbocycles. The minimum Gasteiger partial charge on any atom is -0.312 e. The van der Waals surface area contributed by atoms with Crippen molar-refractivity contribution in [1.82, 2.24) is 15.1 Å². The molecule has 1 aliphatic heterocycles. The highest BCUT2D eigenvalue weighted by Crippen LogP contribution is 2.32. The Kier molecular flexibility index (Phi) is 4.63. The summed E-state index contributed by atoms with van der Waals surface area (Å²) in [5.41, 5.74) is 3.07. The summed E-state index contributed by atoms with van der Waals surface area (Å²) < 4.78 is 0. The summed E-state index contributed by atoms with van der Waals surface area (Å²) in [6.07, 6.45) is 3.84. The molecule has 0 radical (unpaired) electrons. The van der Waals surface area contributed by atoms with E-state index in [2.05, 4.69) is 60.4 Å². The van der Waals surface area contributed by atoms with Crippen LogP contribution in [0.1, 0.15) is 36.9 Å². The van der Waals surface area contributed by atoms with Crippen molar-refractivity contribution in [1.29, 1.82) is 0 Å². The second kappa shape index (κ2) is 6.47. The van der Waals surface area contributed by atoms with Gasteiger partial charge in [-0.1, -0.05) is 24.3 Å². The SMILES string of the molecule is CNC1c2ccccc2CCCC1N1CCN(C)C(C)C1. The van der Waals surface area contributed by atoms with Crippen LogP contribution in [0.4, 0.5) is 0 Å². The van der Waals surface area contributed by atoms with Crippen molar-refractivity contribution >= 4 is 0 Å². The molecule has 3 unspecified atom stereocenters. The van der Waals surface area contributed by atoms with Crippen LogP contribution in [-0.2, 0) is 6.42 Å². The second-order valence-corrected chi connectivity index (χ2v) is 6.75. The molecule has 3 heteroatoms. The van der Waals surface area contributed by atoms with Gasteiger partial charge in [0.2, 0.25) is 0 Å². The van der Waals surface area contributed by atoms with Gasteiger partial charge in [-0.05, 0) is 51.4 Å². The number of aryl methyl sites for hydroxylation is 1. The Hall–Kier alpha value is -0.900. The van der Waals surface area contributed by atoms with Gasteiger partial charge in [0, 0.05) is 37.8 Å². The quantitative estimate of drug-likeness (QED) is 0.842. The summed E-state index contributed by atoms with van der Waals surface area (Å²) >= 11 is 0. The van der Waals surface area contributed by atoms with E-state index in [1.807, 2.05) is 0 Å². The molecule has 0 saturated carbocycles. The Bertz CT molecular complexity index is 473. The molecule has 21 heavy (non-hydrogen) atoms. The number of piperazine rings is 1. The molecule has 2 aliphatic rings. The molecule has 0 aromatic heterocycles. The number of nitrogens with zero attached hydrogens (tertiary/aromatic N) is 2. The predicted molar refractivity (Wildman–Crippen MR) is 88.6 cm³/mol. The Morgan fingerprint density at radius 3 is 2.76 bits per heavy atom. The lowest BCUT2D eigenvalue weighted by Crippen LogP contribution is -2.55. The number of fused-ring (bicyclic) bond motifs is 1. The van der Waals surface area contributed by atoms with Crippen LogP contribution in [0.2, 0.25) is 0 Å². The third kappa shape index (κ3) is 3.01. The van der Waals surface area contributed by atoms with Gasteiger partial charge in [0.25, 0.3) is 0 Å². The first-order valence-corrected chi connectivity index (χ1v) is 8.40. The Balaban J connectivity index is 1.85. The van der Waals surface area contributed by atoms with E-state index in [-0.39, 0.29) is 0 Å². The maximum Gasteiger partial charge on any atom is 0.0478 e. The van der Waals surface area contributed by atoms with Gasteiger partial charge < -0.3 is 10.2 Å². The van der Waals surface area contributed by atoms with Crippen molar-refractivity contribution in [2.24, 2.45) is 0 Å². The first-order valence-electron chi connectivity index (χ1n) is 8.40. The van der Waals surface area contributed by atoms with E-state index in [1.54, 1.807) is 5.56 Å². The third-order valence-electron chi connectivity index (χ3n) is 5.49. The van der Waals surface area contributed by atoms with Gasteiger partial charge in [-0.15, -0.1) is 0 Å². The average Bonchev–Trinajstić information content (AvgIpc) is 2.69. The van der Waals surface area contributed by atoms with Gasteiger partial charge in [0.1, 0.15) is 0 Å². The molecule has 116 valence electrons. The number of rotatable bonds is 2. The van der Waals surface area contributed by atoms with Crippen LogP contribution in [0, 0.1) is 0 Å². The average molecular weight is 287 g/mol. The Labute approximate surface area is 129 Å². The zero-order chi connectivity index (χ0) is 14.8. The number of hydrogen-bond acceptors (Lipinski definition) is 3. The summed E-state index contributed by atoms with van der Waals surface area (Å²) in [5, 5.41) is 3.62. The van der Waals surface area contributed by atoms with E-state index >= 15 is 0 Å². The molecule has 0 amide bonds. The van der Waals surface area contributed by atoms with E-state index in [4.69, 9.17) is 0 Å². The summed E-state index contributed by atoms with van der Waals surface area (Å²) in [5.74, 6) is 0. The minimum atomic E-state index is 0.472. The largest absolute Gasteiger partial charge is 0.312 e. The lowest BCUT2D eigenvalue weighted by molar-refractivity contribution is 0.0545. The topological polar surface area (TPSA) is 18.5 Å². The molecule has 1 heterocycles. The highest BCUT2D eigenvalue weighted by atomic mass is 15.3. The zero-order valence-corrected chi connectivity index (χ0v) is 13.7. The van der Waals surface area contributed by atoms with Gasteiger partial charge in [-0.2, -0.15) is 0 Å². The summed E-state index contributed by atoms with van der Waals surface area (Å²) in [4.78, 5) is 5.21. The predicted octanol–water partition coefficient (Wildman–Crippen LogP) is 2.29. The lowest BCUT2D eigenvalue weighted by Gasteiger charge is -2.44. The molecule has 3 atom stereocenters. The van der Waals surface area contributed by atoms with E-state index in [1.165, 1.54) is 44.5 Å². The van der Waals surface area contributed by atoms with Crippen molar-refractivity contribution in [3.05, 3.63) is 35.4 Å². The monoisotopic (exact) mass is 287 g/mol. The van der Waals surface area contributed by atoms with Crippen LogP contribution in [0.15, 0.2) is 24.3 Å². The molecule has 1 aromatic rings. The fraction of sp³-hybridized carbons (Fsp3) is 0.667. The van der Waals surface area contributed by atoms with Gasteiger partial charge >= 0.3 is 0 Å². The van der Waals surface area contributed by atoms with E-state index in [9.17, 15) is 0 Å². The van der Waals surface area contributed by atoms with Crippen molar-refractivity contribution < 1.29 is 0 Å². The molecular weight excluding hydrogens is 258 g/mol. The van der Waals surface area contributed by atoms with Gasteiger partial charge in [-0.25, -0.2) is 0 Å². The first-order chi connectivity index (χ1) is 10.2. The highest BCUT2D eigenvalue weighted by Gasteiger charge is 2.33. The number of likely N-dealkylation sites (N-methyl/N-ethyl adjacent to an activating group) is 2. The van der Waals surface area contributed by atoms with Gasteiger partial charge in [0.05, 0.1) is 0 Å². The maximum atomic E-state index is 3.62. The molecule has 3 nitrogen and oxygen atoms in total. The number of nitrogens with one attached hydrogen (secondary N) is 1. The molecule has 0 spiro atoms. The van der Waals surface area contributed by atoms with E-state index < -0.39 is 0 Å². The number of benzene rings is 1. The summed E-state index contributed by atoms with van der Waals surface area (Å²) in [6.45, 7) is 5.94. The Morgan fingerprint density at radius 1 is 1.19 bits per heavy atom. The summed E-state index contributed by atoms with van der Waals surface area (Å²) in [6, 6.07) is 10.8. The molecular formula is C18H29N3. The number of hydrogen-bond donors (Lipinski definition) is 1. The molecule has 1 N–H and O–H groups in total. The van der Waals surface area contributed by atoms with E-state index in [0.717, 1.165) is 0 Å². The lowest BCUT2D eigenvalue weighted by atomic mass is 9.94. The minimum absolute atomic E-state index is 0.472. The van der Waals surface area contributed by atoms with Crippen LogP contribution in [0.25, 0.3) is 0 Å². The zero-order valence-electron chi connectivity index (χ0n) is 13.7. The normalized spacial score (nSPS) is 31.7. The van der Waals surface area contributed by atoms with E-state index in [0.29, 0.717) is 18.1 Å². The molecule has 1 fully saturated rings. The standard InChI is InChI=1S/C18H29N3/c1-14-13-21(12-11-20(14)3)17-10-6-8-15-7-4-5-9-16(15)18(17)19-2/h4-5,7,9,14,17-19H,6,8,10-13H2,1-3H3.